The Hall–Kier alpha value is -1.74. The van der Waals surface area contributed by atoms with Crippen molar-refractivity contribution < 1.29 is 4.42 Å². The molecule has 3 nitrogen and oxygen atoms in total. The third kappa shape index (κ3) is 2.93. The maximum atomic E-state index is 5.60. The normalized spacial score (nSPS) is 10.6. The molecule has 0 radical (unpaired) electrons. The van der Waals surface area contributed by atoms with Gasteiger partial charge < -0.3 is 15.1 Å². The number of nitrogens with two attached hydrogens (primary N) is 1. The van der Waals surface area contributed by atoms with Gasteiger partial charge in [-0.3, -0.25) is 0 Å². The molecule has 0 aliphatic rings. The van der Waals surface area contributed by atoms with Crippen molar-refractivity contribution in [2.45, 2.75) is 19.9 Å². The summed E-state index contributed by atoms with van der Waals surface area (Å²) in [4.78, 5) is 2.21. The van der Waals surface area contributed by atoms with Crippen LogP contribution in [0.25, 0.3) is 0 Å². The van der Waals surface area contributed by atoms with Gasteiger partial charge in [-0.25, -0.2) is 0 Å². The van der Waals surface area contributed by atoms with E-state index < -0.39 is 0 Å². The zero-order chi connectivity index (χ0) is 13.0. The van der Waals surface area contributed by atoms with Gasteiger partial charge in [-0.05, 0) is 49.2 Å². The van der Waals surface area contributed by atoms with Crippen LogP contribution < -0.4 is 10.6 Å². The Morgan fingerprint density at radius 1 is 1.28 bits per heavy atom. The van der Waals surface area contributed by atoms with Crippen molar-refractivity contribution in [2.24, 2.45) is 5.73 Å². The molecule has 0 bridgehead atoms. The maximum Gasteiger partial charge on any atom is 0.0952 e. The molecule has 3 heteroatoms. The van der Waals surface area contributed by atoms with E-state index in [1.165, 1.54) is 22.4 Å². The van der Waals surface area contributed by atoms with E-state index >= 15 is 0 Å². The van der Waals surface area contributed by atoms with Gasteiger partial charge in [-0.15, -0.1) is 0 Å². The molecule has 0 saturated heterocycles. The van der Waals surface area contributed by atoms with Gasteiger partial charge in [-0.2, -0.15) is 0 Å². The molecule has 1 aromatic carbocycles. The molecule has 0 saturated carbocycles. The second-order valence-electron chi connectivity index (χ2n) is 4.64. The molecule has 2 aromatic rings. The highest BCUT2D eigenvalue weighted by molar-refractivity contribution is 5.50. The van der Waals surface area contributed by atoms with Crippen LogP contribution in [0.4, 0.5) is 5.69 Å². The summed E-state index contributed by atoms with van der Waals surface area (Å²) >= 11 is 0. The summed E-state index contributed by atoms with van der Waals surface area (Å²) in [7, 11) is 2.09. The lowest BCUT2D eigenvalue weighted by Crippen LogP contribution is -2.16. The zero-order valence-corrected chi connectivity index (χ0v) is 11.0. The van der Waals surface area contributed by atoms with Crippen LogP contribution in [0.5, 0.6) is 0 Å². The second kappa shape index (κ2) is 5.74. The van der Waals surface area contributed by atoms with E-state index in [4.69, 9.17) is 10.2 Å². The number of benzene rings is 1. The van der Waals surface area contributed by atoms with Crippen molar-refractivity contribution in [3.63, 3.8) is 0 Å². The molecule has 0 amide bonds. The SMILES string of the molecule is Cc1cc(N(C)Cc2ccoc2)ccc1CCN. The minimum atomic E-state index is 0.699. The average molecular weight is 244 g/mol. The Kier molecular flexibility index (Phi) is 4.05. The van der Waals surface area contributed by atoms with Crippen molar-refractivity contribution in [3.8, 4) is 0 Å². The smallest absolute Gasteiger partial charge is 0.0952 e. The van der Waals surface area contributed by atoms with Gasteiger partial charge in [-0.1, -0.05) is 6.07 Å². The number of aryl methyl sites for hydroxylation is 1. The topological polar surface area (TPSA) is 42.4 Å². The van der Waals surface area contributed by atoms with Crippen molar-refractivity contribution in [3.05, 3.63) is 53.5 Å². The number of hydrogen-bond acceptors (Lipinski definition) is 3. The van der Waals surface area contributed by atoms with Gasteiger partial charge in [0.25, 0.3) is 0 Å². The van der Waals surface area contributed by atoms with E-state index in [1.54, 1.807) is 12.5 Å². The summed E-state index contributed by atoms with van der Waals surface area (Å²) < 4.78 is 5.09. The van der Waals surface area contributed by atoms with Crippen LogP contribution in [0.1, 0.15) is 16.7 Å². The molecular weight excluding hydrogens is 224 g/mol. The maximum absolute atomic E-state index is 5.60. The summed E-state index contributed by atoms with van der Waals surface area (Å²) in [5, 5.41) is 0. The van der Waals surface area contributed by atoms with Gasteiger partial charge >= 0.3 is 0 Å². The number of rotatable bonds is 5. The number of furan rings is 1. The van der Waals surface area contributed by atoms with Crippen molar-refractivity contribution >= 4 is 5.69 Å². The lowest BCUT2D eigenvalue weighted by Gasteiger charge is -2.20. The minimum Gasteiger partial charge on any atom is -0.472 e. The number of anilines is 1. The van der Waals surface area contributed by atoms with E-state index in [9.17, 15) is 0 Å². The lowest BCUT2D eigenvalue weighted by molar-refractivity contribution is 0.563. The first-order chi connectivity index (χ1) is 8.70. The molecule has 0 fully saturated rings. The largest absolute Gasteiger partial charge is 0.472 e. The molecule has 2 N–H and O–H groups in total. The molecule has 18 heavy (non-hydrogen) atoms. The molecule has 1 aromatic heterocycles. The van der Waals surface area contributed by atoms with Crippen molar-refractivity contribution in [1.82, 2.24) is 0 Å². The molecule has 0 atom stereocenters. The van der Waals surface area contributed by atoms with Gasteiger partial charge in [0.2, 0.25) is 0 Å². The van der Waals surface area contributed by atoms with E-state index in [-0.39, 0.29) is 0 Å². The summed E-state index contributed by atoms with van der Waals surface area (Å²) in [5.41, 5.74) is 10.6. The zero-order valence-electron chi connectivity index (χ0n) is 11.0. The Morgan fingerprint density at radius 2 is 2.11 bits per heavy atom. The van der Waals surface area contributed by atoms with E-state index in [2.05, 4.69) is 37.1 Å². The van der Waals surface area contributed by atoms with E-state index in [0.717, 1.165) is 13.0 Å². The fourth-order valence-corrected chi connectivity index (χ4v) is 2.10. The monoisotopic (exact) mass is 244 g/mol. The third-order valence-electron chi connectivity index (χ3n) is 3.18. The standard InChI is InChI=1S/C15H20N2O/c1-12-9-15(4-3-14(12)5-7-16)17(2)10-13-6-8-18-11-13/h3-4,6,8-9,11H,5,7,10,16H2,1-2H3. The van der Waals surface area contributed by atoms with Crippen LogP contribution in [0.3, 0.4) is 0 Å². The summed E-state index contributed by atoms with van der Waals surface area (Å²) in [5.74, 6) is 0. The highest BCUT2D eigenvalue weighted by atomic mass is 16.3. The fraction of sp³-hybridized carbons (Fsp3) is 0.333. The molecule has 1 heterocycles. The van der Waals surface area contributed by atoms with Gasteiger partial charge in [0.15, 0.2) is 0 Å². The Bertz CT molecular complexity index is 491. The Morgan fingerprint density at radius 3 is 2.72 bits per heavy atom. The quantitative estimate of drug-likeness (QED) is 0.879. The average Bonchev–Trinajstić information content (AvgIpc) is 2.84. The van der Waals surface area contributed by atoms with Gasteiger partial charge in [0.05, 0.1) is 12.5 Å². The van der Waals surface area contributed by atoms with Gasteiger partial charge in [0.1, 0.15) is 0 Å². The highest BCUT2D eigenvalue weighted by Gasteiger charge is 2.05. The predicted molar refractivity (Wildman–Crippen MR) is 74.8 cm³/mol. The third-order valence-corrected chi connectivity index (χ3v) is 3.18. The minimum absolute atomic E-state index is 0.699. The van der Waals surface area contributed by atoms with Gasteiger partial charge in [0, 0.05) is 24.8 Å². The van der Waals surface area contributed by atoms with Crippen molar-refractivity contribution in [1.29, 1.82) is 0 Å². The molecule has 2 rings (SSSR count). The number of hydrogen-bond donors (Lipinski definition) is 1. The highest BCUT2D eigenvalue weighted by Crippen LogP contribution is 2.20. The molecule has 0 aliphatic heterocycles. The summed E-state index contributed by atoms with van der Waals surface area (Å²) in [6.07, 6.45) is 4.43. The van der Waals surface area contributed by atoms with Crippen LogP contribution in [0, 0.1) is 6.92 Å². The molecular formula is C15H20N2O. The molecule has 0 unspecified atom stereocenters. The first-order valence-electron chi connectivity index (χ1n) is 6.22. The van der Waals surface area contributed by atoms with Crippen LogP contribution in [-0.2, 0) is 13.0 Å². The van der Waals surface area contributed by atoms with Crippen molar-refractivity contribution in [2.75, 3.05) is 18.5 Å². The van der Waals surface area contributed by atoms with Crippen LogP contribution in [0.2, 0.25) is 0 Å². The molecule has 96 valence electrons. The lowest BCUT2D eigenvalue weighted by atomic mass is 10.0. The van der Waals surface area contributed by atoms with E-state index in [1.807, 2.05) is 6.07 Å². The van der Waals surface area contributed by atoms with Crippen LogP contribution >= 0.6 is 0 Å². The van der Waals surface area contributed by atoms with Crippen LogP contribution in [-0.4, -0.2) is 13.6 Å². The predicted octanol–water partition coefficient (Wildman–Crippen LogP) is 2.73. The second-order valence-corrected chi connectivity index (χ2v) is 4.64. The molecule has 0 spiro atoms. The first kappa shape index (κ1) is 12.7. The summed E-state index contributed by atoms with van der Waals surface area (Å²) in [6, 6.07) is 8.53. The summed E-state index contributed by atoms with van der Waals surface area (Å²) in [6.45, 7) is 3.69. The first-order valence-corrected chi connectivity index (χ1v) is 6.22. The number of nitrogens with zero attached hydrogens (tertiary/aromatic N) is 1. The van der Waals surface area contributed by atoms with E-state index in [0.29, 0.717) is 6.54 Å². The fourth-order valence-electron chi connectivity index (χ4n) is 2.10. The molecule has 0 aliphatic carbocycles. The Labute approximate surface area is 108 Å². The Balaban J connectivity index is 2.11. The van der Waals surface area contributed by atoms with Crippen LogP contribution in [0.15, 0.2) is 41.2 Å².